The predicted molar refractivity (Wildman–Crippen MR) is 125 cm³/mol. The zero-order valence-corrected chi connectivity index (χ0v) is 19.4. The van der Waals surface area contributed by atoms with Crippen molar-refractivity contribution in [3.63, 3.8) is 0 Å². The van der Waals surface area contributed by atoms with Crippen molar-refractivity contribution in [1.82, 2.24) is 9.80 Å². The van der Waals surface area contributed by atoms with Crippen LogP contribution in [-0.4, -0.2) is 54.9 Å². The lowest BCUT2D eigenvalue weighted by molar-refractivity contribution is -0.153. The minimum atomic E-state index is 0. The summed E-state index contributed by atoms with van der Waals surface area (Å²) in [6.07, 6.45) is 10.8. The molecule has 2 aliphatic heterocycles. The highest BCUT2D eigenvalue weighted by Crippen LogP contribution is 2.46. The Hall–Kier alpha value is -1.85. The molecule has 0 atom stereocenters. The number of piperidine rings is 1. The van der Waals surface area contributed by atoms with Gasteiger partial charge in [-0.25, -0.2) is 0 Å². The molecule has 1 aromatic carbocycles. The van der Waals surface area contributed by atoms with E-state index in [0.29, 0.717) is 19.4 Å². The van der Waals surface area contributed by atoms with Crippen LogP contribution in [0.4, 0.5) is 0 Å². The van der Waals surface area contributed by atoms with Crippen molar-refractivity contribution in [2.24, 2.45) is 5.41 Å². The van der Waals surface area contributed by atoms with Gasteiger partial charge in [0.05, 0.1) is 7.11 Å². The Morgan fingerprint density at radius 2 is 1.68 bits per heavy atom. The third kappa shape index (κ3) is 5.50. The van der Waals surface area contributed by atoms with Crippen molar-refractivity contribution < 1.29 is 14.3 Å². The fourth-order valence-electron chi connectivity index (χ4n) is 5.44. The third-order valence-electron chi connectivity index (χ3n) is 7.17. The van der Waals surface area contributed by atoms with Gasteiger partial charge in [-0.05, 0) is 55.7 Å². The molecule has 2 heterocycles. The molecule has 0 bridgehead atoms. The number of unbranched alkanes of at least 4 members (excludes halogenated alkanes) is 1. The zero-order valence-electron chi connectivity index (χ0n) is 18.6. The Kier molecular flexibility index (Phi) is 8.17. The Bertz CT molecular complexity index is 797. The highest BCUT2D eigenvalue weighted by Gasteiger charge is 2.44. The molecule has 31 heavy (non-hydrogen) atoms. The second kappa shape index (κ2) is 10.6. The second-order valence-corrected chi connectivity index (χ2v) is 9.19. The number of carbonyl (C=O) groups is 2. The molecule has 2 amide bonds. The largest absolute Gasteiger partial charge is 0.496 e. The molecule has 2 fully saturated rings. The predicted octanol–water partition coefficient (Wildman–Crippen LogP) is 4.70. The van der Waals surface area contributed by atoms with Gasteiger partial charge in [0.1, 0.15) is 5.75 Å². The highest BCUT2D eigenvalue weighted by molar-refractivity contribution is 5.98. The van der Waals surface area contributed by atoms with Gasteiger partial charge >= 0.3 is 0 Å². The molecule has 1 saturated carbocycles. The molecule has 1 spiro atoms. The van der Waals surface area contributed by atoms with Crippen LogP contribution in [-0.2, 0) is 9.59 Å². The molecule has 5 nitrogen and oxygen atoms in total. The van der Waals surface area contributed by atoms with Crippen LogP contribution in [0.5, 0.6) is 5.75 Å². The first-order valence-corrected chi connectivity index (χ1v) is 11.5. The number of hydrogen-bond donors (Lipinski definition) is 0. The van der Waals surface area contributed by atoms with Crippen molar-refractivity contribution >= 4 is 29.8 Å². The number of amides is 2. The van der Waals surface area contributed by atoms with Gasteiger partial charge in [0.15, 0.2) is 0 Å². The van der Waals surface area contributed by atoms with Crippen LogP contribution in [0.1, 0.15) is 63.4 Å². The molecule has 170 valence electrons. The molecule has 3 aliphatic rings. The van der Waals surface area contributed by atoms with Crippen molar-refractivity contribution in [3.05, 3.63) is 35.9 Å². The number of carbonyl (C=O) groups excluding carboxylic acids is 2. The Labute approximate surface area is 192 Å². The number of benzene rings is 1. The summed E-state index contributed by atoms with van der Waals surface area (Å²) in [4.78, 5) is 29.1. The number of imide groups is 1. The Morgan fingerprint density at radius 1 is 1.00 bits per heavy atom. The molecule has 4 rings (SSSR count). The van der Waals surface area contributed by atoms with Gasteiger partial charge in [-0.15, -0.1) is 12.4 Å². The number of halogens is 1. The van der Waals surface area contributed by atoms with Crippen LogP contribution in [0.15, 0.2) is 30.3 Å². The van der Waals surface area contributed by atoms with Crippen LogP contribution in [0.25, 0.3) is 5.57 Å². The third-order valence-corrected chi connectivity index (χ3v) is 7.17. The minimum Gasteiger partial charge on any atom is -0.496 e. The Balaban J connectivity index is 0.00000272. The van der Waals surface area contributed by atoms with E-state index in [1.807, 2.05) is 12.1 Å². The smallest absolute Gasteiger partial charge is 0.229 e. The molecular formula is C25H35ClN2O3. The SMILES string of the molecule is COc1ccccc1C1=CCN(CCCCN2C(=O)CC3(CCCC3)CC2=O)CC1.Cl. The fourth-order valence-corrected chi connectivity index (χ4v) is 5.44. The lowest BCUT2D eigenvalue weighted by atomic mass is 9.76. The standard InChI is InChI=1S/C25H34N2O3.ClH/c1-30-22-9-3-2-8-21(22)20-10-16-26(17-11-20)14-6-7-15-27-23(28)18-25(19-24(27)29)12-4-5-13-25;/h2-3,8-10H,4-7,11-19H2,1H3;1H. The summed E-state index contributed by atoms with van der Waals surface area (Å²) < 4.78 is 5.50. The number of ether oxygens (including phenoxy) is 1. The van der Waals surface area contributed by atoms with Crippen LogP contribution < -0.4 is 4.74 Å². The fraction of sp³-hybridized carbons (Fsp3) is 0.600. The van der Waals surface area contributed by atoms with Crippen molar-refractivity contribution in [2.75, 3.05) is 33.3 Å². The molecule has 1 aliphatic carbocycles. The summed E-state index contributed by atoms with van der Waals surface area (Å²) >= 11 is 0. The number of para-hydroxylation sites is 1. The number of nitrogens with zero attached hydrogens (tertiary/aromatic N) is 2. The van der Waals surface area contributed by atoms with Crippen LogP contribution in [0.2, 0.25) is 0 Å². The van der Waals surface area contributed by atoms with Crippen LogP contribution in [0.3, 0.4) is 0 Å². The Morgan fingerprint density at radius 3 is 2.32 bits per heavy atom. The van der Waals surface area contributed by atoms with Crippen molar-refractivity contribution in [3.8, 4) is 5.75 Å². The van der Waals surface area contributed by atoms with Gasteiger partial charge in [0, 0.05) is 38.0 Å². The maximum Gasteiger partial charge on any atom is 0.229 e. The van der Waals surface area contributed by atoms with E-state index >= 15 is 0 Å². The van der Waals surface area contributed by atoms with Gasteiger partial charge in [0.25, 0.3) is 0 Å². The molecule has 6 heteroatoms. The van der Waals surface area contributed by atoms with E-state index in [4.69, 9.17) is 4.74 Å². The summed E-state index contributed by atoms with van der Waals surface area (Å²) in [5.41, 5.74) is 2.56. The van der Waals surface area contributed by atoms with Crippen LogP contribution >= 0.6 is 12.4 Å². The zero-order chi connectivity index (χ0) is 21.0. The van der Waals surface area contributed by atoms with E-state index < -0.39 is 0 Å². The summed E-state index contributed by atoms with van der Waals surface area (Å²) in [6.45, 7) is 3.57. The summed E-state index contributed by atoms with van der Waals surface area (Å²) in [5.74, 6) is 1.07. The summed E-state index contributed by atoms with van der Waals surface area (Å²) in [7, 11) is 1.72. The molecular weight excluding hydrogens is 412 g/mol. The topological polar surface area (TPSA) is 49.9 Å². The molecule has 0 N–H and O–H groups in total. The van der Waals surface area contributed by atoms with Gasteiger partial charge in [-0.2, -0.15) is 0 Å². The van der Waals surface area contributed by atoms with Crippen molar-refractivity contribution in [2.45, 2.75) is 57.8 Å². The molecule has 0 radical (unpaired) electrons. The van der Waals surface area contributed by atoms with E-state index in [1.54, 1.807) is 12.0 Å². The lowest BCUT2D eigenvalue weighted by Gasteiger charge is -2.37. The maximum absolute atomic E-state index is 12.6. The lowest BCUT2D eigenvalue weighted by Crippen LogP contribution is -2.47. The molecule has 0 aromatic heterocycles. The number of likely N-dealkylation sites (tertiary alicyclic amines) is 1. The second-order valence-electron chi connectivity index (χ2n) is 9.19. The number of hydrogen-bond acceptors (Lipinski definition) is 4. The average molecular weight is 447 g/mol. The van der Waals surface area contributed by atoms with Gasteiger partial charge in [-0.3, -0.25) is 19.4 Å². The quantitative estimate of drug-likeness (QED) is 0.450. The van der Waals surface area contributed by atoms with Gasteiger partial charge in [0.2, 0.25) is 11.8 Å². The van der Waals surface area contributed by atoms with E-state index in [0.717, 1.165) is 57.5 Å². The normalized spacial score (nSPS) is 21.2. The summed E-state index contributed by atoms with van der Waals surface area (Å²) in [5, 5.41) is 0. The molecule has 1 aromatic rings. The number of methoxy groups -OCH3 is 1. The van der Waals surface area contributed by atoms with Gasteiger partial charge in [-0.1, -0.05) is 37.1 Å². The van der Waals surface area contributed by atoms with E-state index in [9.17, 15) is 9.59 Å². The first kappa shape index (κ1) is 23.8. The first-order valence-electron chi connectivity index (χ1n) is 11.5. The minimum absolute atomic E-state index is 0. The highest BCUT2D eigenvalue weighted by atomic mass is 35.5. The first-order chi connectivity index (χ1) is 14.6. The van der Waals surface area contributed by atoms with E-state index in [2.05, 4.69) is 23.1 Å². The molecule has 0 unspecified atom stereocenters. The van der Waals surface area contributed by atoms with Gasteiger partial charge < -0.3 is 4.74 Å². The summed E-state index contributed by atoms with van der Waals surface area (Å²) in [6, 6.07) is 8.20. The maximum atomic E-state index is 12.6. The van der Waals surface area contributed by atoms with E-state index in [-0.39, 0.29) is 29.6 Å². The van der Waals surface area contributed by atoms with Crippen LogP contribution in [0, 0.1) is 5.41 Å². The average Bonchev–Trinajstić information content (AvgIpc) is 3.20. The van der Waals surface area contributed by atoms with E-state index in [1.165, 1.54) is 24.0 Å². The monoisotopic (exact) mass is 446 g/mol. The molecule has 1 saturated heterocycles. The van der Waals surface area contributed by atoms with Crippen molar-refractivity contribution in [1.29, 1.82) is 0 Å². The number of rotatable bonds is 7.